The van der Waals surface area contributed by atoms with Crippen molar-refractivity contribution in [3.63, 3.8) is 0 Å². The molecule has 0 aliphatic heterocycles. The number of aromatic nitrogens is 1. The monoisotopic (exact) mass is 247 g/mol. The largest absolute Gasteiger partial charge is 0.327 e. The van der Waals surface area contributed by atoms with Crippen LogP contribution in [-0.2, 0) is 6.54 Å². The van der Waals surface area contributed by atoms with Crippen LogP contribution in [0.5, 0.6) is 0 Å². The number of hydrogen-bond acceptors (Lipinski definition) is 3. The molecule has 0 amide bonds. The number of rotatable bonds is 4. The molecular formula is C15H25N3. The van der Waals surface area contributed by atoms with Crippen LogP contribution in [0.4, 0.5) is 0 Å². The van der Waals surface area contributed by atoms with Crippen molar-refractivity contribution in [2.45, 2.75) is 38.8 Å². The number of pyridine rings is 1. The van der Waals surface area contributed by atoms with Crippen LogP contribution in [0.1, 0.15) is 31.9 Å². The standard InChI is InChI=1S/C15H25N3/c1-12-6-7-15(16)13(9-12)10-18(2)11-14-5-3-4-8-17-14/h3-5,8,12-13,15H,6-7,9-11,16H2,1-2H3. The van der Waals surface area contributed by atoms with Crippen molar-refractivity contribution in [3.05, 3.63) is 30.1 Å². The van der Waals surface area contributed by atoms with E-state index in [9.17, 15) is 0 Å². The molecule has 1 aromatic heterocycles. The number of hydrogen-bond donors (Lipinski definition) is 1. The Balaban J connectivity index is 1.85. The second-order valence-corrected chi connectivity index (χ2v) is 5.86. The first-order valence-electron chi connectivity index (χ1n) is 6.99. The summed E-state index contributed by atoms with van der Waals surface area (Å²) in [6.07, 6.45) is 5.61. The summed E-state index contributed by atoms with van der Waals surface area (Å²) in [5.41, 5.74) is 7.38. The van der Waals surface area contributed by atoms with E-state index in [2.05, 4.69) is 29.9 Å². The van der Waals surface area contributed by atoms with Gasteiger partial charge in [-0.15, -0.1) is 0 Å². The maximum atomic E-state index is 6.24. The molecule has 100 valence electrons. The molecule has 0 saturated heterocycles. The van der Waals surface area contributed by atoms with Gasteiger partial charge >= 0.3 is 0 Å². The molecular weight excluding hydrogens is 222 g/mol. The highest BCUT2D eigenvalue weighted by molar-refractivity contribution is 5.03. The third-order valence-electron chi connectivity index (χ3n) is 4.01. The molecule has 3 nitrogen and oxygen atoms in total. The molecule has 3 atom stereocenters. The van der Waals surface area contributed by atoms with Crippen LogP contribution < -0.4 is 5.73 Å². The van der Waals surface area contributed by atoms with Crippen LogP contribution in [0.2, 0.25) is 0 Å². The van der Waals surface area contributed by atoms with E-state index in [1.54, 1.807) is 0 Å². The van der Waals surface area contributed by atoms with E-state index < -0.39 is 0 Å². The molecule has 1 aliphatic rings. The maximum absolute atomic E-state index is 6.24. The quantitative estimate of drug-likeness (QED) is 0.887. The molecule has 0 radical (unpaired) electrons. The van der Waals surface area contributed by atoms with Gasteiger partial charge in [0.2, 0.25) is 0 Å². The third-order valence-corrected chi connectivity index (χ3v) is 4.01. The first-order chi connectivity index (χ1) is 8.65. The van der Waals surface area contributed by atoms with Crippen LogP contribution >= 0.6 is 0 Å². The lowest BCUT2D eigenvalue weighted by molar-refractivity contribution is 0.176. The van der Waals surface area contributed by atoms with Gasteiger partial charge in [0.05, 0.1) is 5.69 Å². The summed E-state index contributed by atoms with van der Waals surface area (Å²) in [7, 11) is 2.17. The Morgan fingerprint density at radius 3 is 2.94 bits per heavy atom. The maximum Gasteiger partial charge on any atom is 0.0543 e. The van der Waals surface area contributed by atoms with Gasteiger partial charge in [-0.05, 0) is 50.3 Å². The van der Waals surface area contributed by atoms with Gasteiger partial charge in [0.1, 0.15) is 0 Å². The first kappa shape index (κ1) is 13.5. The molecule has 1 fully saturated rings. The molecule has 2 rings (SSSR count). The predicted molar refractivity (Wildman–Crippen MR) is 75.1 cm³/mol. The van der Waals surface area contributed by atoms with Crippen LogP contribution in [-0.4, -0.2) is 29.5 Å². The van der Waals surface area contributed by atoms with E-state index in [0.29, 0.717) is 12.0 Å². The predicted octanol–water partition coefficient (Wildman–Crippen LogP) is 2.28. The highest BCUT2D eigenvalue weighted by Crippen LogP contribution is 2.28. The second kappa shape index (κ2) is 6.30. The summed E-state index contributed by atoms with van der Waals surface area (Å²) in [4.78, 5) is 6.72. The number of nitrogens with zero attached hydrogens (tertiary/aromatic N) is 2. The van der Waals surface area contributed by atoms with Gasteiger partial charge in [0.15, 0.2) is 0 Å². The van der Waals surface area contributed by atoms with E-state index >= 15 is 0 Å². The Labute approximate surface area is 110 Å². The average Bonchev–Trinajstić information content (AvgIpc) is 2.35. The van der Waals surface area contributed by atoms with Gasteiger partial charge in [0, 0.05) is 25.3 Å². The molecule has 2 N–H and O–H groups in total. The highest BCUT2D eigenvalue weighted by atomic mass is 15.1. The Morgan fingerprint density at radius 2 is 2.22 bits per heavy atom. The van der Waals surface area contributed by atoms with E-state index in [-0.39, 0.29) is 0 Å². The zero-order valence-corrected chi connectivity index (χ0v) is 11.5. The summed E-state index contributed by atoms with van der Waals surface area (Å²) < 4.78 is 0. The van der Waals surface area contributed by atoms with Gasteiger partial charge in [-0.25, -0.2) is 0 Å². The summed E-state index contributed by atoms with van der Waals surface area (Å²) in [6.45, 7) is 4.35. The average molecular weight is 247 g/mol. The Hall–Kier alpha value is -0.930. The lowest BCUT2D eigenvalue weighted by Gasteiger charge is -2.35. The van der Waals surface area contributed by atoms with Crippen molar-refractivity contribution in [2.75, 3.05) is 13.6 Å². The normalized spacial score (nSPS) is 28.6. The van der Waals surface area contributed by atoms with Gasteiger partial charge < -0.3 is 10.6 Å². The zero-order valence-electron chi connectivity index (χ0n) is 11.5. The minimum Gasteiger partial charge on any atom is -0.327 e. The van der Waals surface area contributed by atoms with Crippen molar-refractivity contribution in [2.24, 2.45) is 17.6 Å². The molecule has 1 aromatic rings. The summed E-state index contributed by atoms with van der Waals surface area (Å²) in [5.74, 6) is 1.47. The molecule has 3 heteroatoms. The molecule has 1 heterocycles. The summed E-state index contributed by atoms with van der Waals surface area (Å²) >= 11 is 0. The minimum atomic E-state index is 0.382. The summed E-state index contributed by atoms with van der Waals surface area (Å²) in [6, 6.07) is 6.47. The Morgan fingerprint density at radius 1 is 1.39 bits per heavy atom. The topological polar surface area (TPSA) is 42.1 Å². The smallest absolute Gasteiger partial charge is 0.0543 e. The van der Waals surface area contributed by atoms with Crippen LogP contribution in [0.25, 0.3) is 0 Å². The van der Waals surface area contributed by atoms with Crippen LogP contribution in [0.3, 0.4) is 0 Å². The molecule has 0 aromatic carbocycles. The van der Waals surface area contributed by atoms with Gasteiger partial charge in [-0.2, -0.15) is 0 Å². The SMILES string of the molecule is CC1CCC(N)C(CN(C)Cc2ccccn2)C1. The van der Waals surface area contributed by atoms with Crippen molar-refractivity contribution >= 4 is 0 Å². The second-order valence-electron chi connectivity index (χ2n) is 5.86. The first-order valence-corrected chi connectivity index (χ1v) is 6.99. The van der Waals surface area contributed by atoms with E-state index in [1.165, 1.54) is 19.3 Å². The van der Waals surface area contributed by atoms with Crippen molar-refractivity contribution in [1.82, 2.24) is 9.88 Å². The zero-order chi connectivity index (χ0) is 13.0. The minimum absolute atomic E-state index is 0.382. The molecule has 3 unspecified atom stereocenters. The molecule has 0 spiro atoms. The molecule has 0 bridgehead atoms. The fraction of sp³-hybridized carbons (Fsp3) is 0.667. The fourth-order valence-corrected chi connectivity index (χ4v) is 2.97. The fourth-order valence-electron chi connectivity index (χ4n) is 2.97. The summed E-state index contributed by atoms with van der Waals surface area (Å²) in [5, 5.41) is 0. The van der Waals surface area contributed by atoms with Crippen molar-refractivity contribution < 1.29 is 0 Å². The van der Waals surface area contributed by atoms with E-state index in [0.717, 1.165) is 24.7 Å². The molecule has 1 saturated carbocycles. The van der Waals surface area contributed by atoms with Gasteiger partial charge in [0.25, 0.3) is 0 Å². The van der Waals surface area contributed by atoms with Crippen molar-refractivity contribution in [1.29, 1.82) is 0 Å². The van der Waals surface area contributed by atoms with Crippen molar-refractivity contribution in [3.8, 4) is 0 Å². The lowest BCUT2D eigenvalue weighted by atomic mass is 9.79. The lowest BCUT2D eigenvalue weighted by Crippen LogP contribution is -2.41. The van der Waals surface area contributed by atoms with Crippen LogP contribution in [0.15, 0.2) is 24.4 Å². The Kier molecular flexibility index (Phi) is 4.72. The van der Waals surface area contributed by atoms with Crippen LogP contribution in [0, 0.1) is 11.8 Å². The van der Waals surface area contributed by atoms with Gasteiger partial charge in [-0.3, -0.25) is 4.98 Å². The van der Waals surface area contributed by atoms with Gasteiger partial charge in [-0.1, -0.05) is 13.0 Å². The third kappa shape index (κ3) is 3.79. The number of nitrogens with two attached hydrogens (primary N) is 1. The van der Waals surface area contributed by atoms with E-state index in [1.807, 2.05) is 18.3 Å². The molecule has 18 heavy (non-hydrogen) atoms. The van der Waals surface area contributed by atoms with E-state index in [4.69, 9.17) is 5.73 Å². The Bertz CT molecular complexity index is 352. The highest BCUT2D eigenvalue weighted by Gasteiger charge is 2.26. The molecule has 1 aliphatic carbocycles.